The molecule has 30 heavy (non-hydrogen) atoms. The number of aliphatic hydroxyl groups is 1. The second-order valence-electron chi connectivity index (χ2n) is 7.13. The first-order valence-electron chi connectivity index (χ1n) is 9.49. The average Bonchev–Trinajstić information content (AvgIpc) is 2.66. The van der Waals surface area contributed by atoms with Crippen molar-refractivity contribution >= 4 is 50.7 Å². The zero-order valence-corrected chi connectivity index (χ0v) is 17.6. The van der Waals surface area contributed by atoms with Gasteiger partial charge in [0, 0.05) is 22.0 Å². The first kappa shape index (κ1) is 22.7. The molecule has 1 unspecified atom stereocenters. The van der Waals surface area contributed by atoms with Gasteiger partial charge in [-0.1, -0.05) is 42.6 Å². The van der Waals surface area contributed by atoms with E-state index in [-0.39, 0.29) is 27.8 Å². The van der Waals surface area contributed by atoms with E-state index in [0.29, 0.717) is 28.3 Å². The number of fused-ring (bicyclic) bond motifs is 3. The van der Waals surface area contributed by atoms with Crippen molar-refractivity contribution in [2.75, 3.05) is 6.54 Å². The highest BCUT2D eigenvalue weighted by molar-refractivity contribution is 6.39. The minimum absolute atomic E-state index is 0.212. The number of hydrogen-bond acceptors (Lipinski definition) is 2. The number of alkyl halides is 3. The Hall–Kier alpha value is -2.02. The van der Waals surface area contributed by atoms with Crippen LogP contribution in [0, 0.1) is 0 Å². The molecule has 8 heteroatoms. The van der Waals surface area contributed by atoms with E-state index >= 15 is 0 Å². The molecule has 0 saturated carbocycles. The van der Waals surface area contributed by atoms with Crippen LogP contribution in [0.1, 0.15) is 43.4 Å². The fourth-order valence-electron chi connectivity index (χ4n) is 3.42. The summed E-state index contributed by atoms with van der Waals surface area (Å²) in [6.45, 7) is 2.49. The van der Waals surface area contributed by atoms with Crippen LogP contribution in [0.5, 0.6) is 0 Å². The Balaban J connectivity index is 2.15. The maximum absolute atomic E-state index is 13.3. The van der Waals surface area contributed by atoms with Crippen LogP contribution >= 0.6 is 23.2 Å². The van der Waals surface area contributed by atoms with E-state index in [1.165, 1.54) is 12.1 Å². The number of carbonyl (C=O) groups is 1. The molecule has 160 valence electrons. The number of halogens is 5. The Morgan fingerprint density at radius 3 is 2.43 bits per heavy atom. The lowest BCUT2D eigenvalue weighted by Gasteiger charge is -2.18. The minimum Gasteiger partial charge on any atom is -0.388 e. The van der Waals surface area contributed by atoms with Crippen molar-refractivity contribution in [2.24, 2.45) is 0 Å². The van der Waals surface area contributed by atoms with Crippen LogP contribution in [0.3, 0.4) is 0 Å². The van der Waals surface area contributed by atoms with Crippen molar-refractivity contribution in [3.05, 3.63) is 57.6 Å². The highest BCUT2D eigenvalue weighted by atomic mass is 35.5. The number of unbranched alkanes of at least 4 members (excludes halogenated alkanes) is 1. The number of rotatable bonds is 6. The molecule has 0 aliphatic rings. The molecule has 0 saturated heterocycles. The lowest BCUT2D eigenvalue weighted by Crippen LogP contribution is -2.26. The van der Waals surface area contributed by atoms with Crippen molar-refractivity contribution < 1.29 is 23.1 Å². The Labute approximate surface area is 181 Å². The molecule has 0 aliphatic heterocycles. The molecule has 0 spiro atoms. The molecule has 2 N–H and O–H groups in total. The quantitative estimate of drug-likeness (QED) is 0.321. The summed E-state index contributed by atoms with van der Waals surface area (Å²) < 4.78 is 39.9. The van der Waals surface area contributed by atoms with Gasteiger partial charge in [0.2, 0.25) is 5.91 Å². The number of benzene rings is 3. The summed E-state index contributed by atoms with van der Waals surface area (Å²) in [6, 6.07) is 7.91. The molecule has 3 rings (SSSR count). The molecule has 3 aromatic rings. The van der Waals surface area contributed by atoms with E-state index in [1.807, 2.05) is 6.92 Å². The van der Waals surface area contributed by atoms with Crippen LogP contribution in [0.4, 0.5) is 13.2 Å². The number of carbonyl (C=O) groups excluding carboxylic acids is 1. The van der Waals surface area contributed by atoms with E-state index in [2.05, 4.69) is 5.32 Å². The van der Waals surface area contributed by atoms with E-state index < -0.39 is 17.8 Å². The number of hydrogen-bond donors (Lipinski definition) is 2. The van der Waals surface area contributed by atoms with Crippen molar-refractivity contribution in [1.82, 2.24) is 5.32 Å². The highest BCUT2D eigenvalue weighted by Crippen LogP contribution is 2.40. The topological polar surface area (TPSA) is 49.3 Å². The molecule has 0 heterocycles. The van der Waals surface area contributed by atoms with Gasteiger partial charge >= 0.3 is 6.18 Å². The third-order valence-corrected chi connectivity index (χ3v) is 5.46. The summed E-state index contributed by atoms with van der Waals surface area (Å²) in [5, 5.41) is 15.5. The Bertz CT molecular complexity index is 1100. The second kappa shape index (κ2) is 9.00. The monoisotopic (exact) mass is 457 g/mol. The van der Waals surface area contributed by atoms with Crippen LogP contribution < -0.4 is 5.32 Å². The molecule has 3 aromatic carbocycles. The Kier molecular flexibility index (Phi) is 6.80. The van der Waals surface area contributed by atoms with Gasteiger partial charge in [0.1, 0.15) is 0 Å². The van der Waals surface area contributed by atoms with Crippen molar-refractivity contribution in [3.8, 4) is 0 Å². The molecule has 0 aliphatic carbocycles. The molecule has 0 radical (unpaired) electrons. The average molecular weight is 458 g/mol. The van der Waals surface area contributed by atoms with Gasteiger partial charge in [-0.2, -0.15) is 13.2 Å². The first-order valence-corrected chi connectivity index (χ1v) is 10.2. The van der Waals surface area contributed by atoms with E-state index in [0.717, 1.165) is 25.0 Å². The van der Waals surface area contributed by atoms with E-state index in [9.17, 15) is 23.1 Å². The van der Waals surface area contributed by atoms with Gasteiger partial charge in [-0.25, -0.2) is 0 Å². The fourth-order valence-corrected chi connectivity index (χ4v) is 3.97. The molecule has 0 fully saturated rings. The van der Waals surface area contributed by atoms with Gasteiger partial charge in [-0.3, -0.25) is 4.79 Å². The lowest BCUT2D eigenvalue weighted by atomic mass is 9.92. The molecular weight excluding hydrogens is 438 g/mol. The fraction of sp³-hybridized carbons (Fsp3) is 0.318. The smallest absolute Gasteiger partial charge is 0.388 e. The van der Waals surface area contributed by atoms with Crippen molar-refractivity contribution in [3.63, 3.8) is 0 Å². The van der Waals surface area contributed by atoms with Gasteiger partial charge in [-0.15, -0.1) is 0 Å². The Morgan fingerprint density at radius 1 is 1.07 bits per heavy atom. The summed E-state index contributed by atoms with van der Waals surface area (Å²) >= 11 is 12.4. The summed E-state index contributed by atoms with van der Waals surface area (Å²) in [7, 11) is 0. The molecular formula is C22H20Cl2F3NO2. The molecule has 3 nitrogen and oxygen atoms in total. The summed E-state index contributed by atoms with van der Waals surface area (Å²) in [6.07, 6.45) is -4.22. The number of nitrogens with one attached hydrogen (secondary N) is 1. The SMILES string of the molecule is CCCCNC(=O)CC(O)c1cc2c(Cl)cc(Cl)cc2c2cc(C(F)(F)F)ccc12. The Morgan fingerprint density at radius 2 is 1.77 bits per heavy atom. The zero-order chi connectivity index (χ0) is 22.1. The van der Waals surface area contributed by atoms with Crippen LogP contribution in [0.25, 0.3) is 21.5 Å². The predicted octanol–water partition coefficient (Wildman–Crippen LogP) is 6.66. The van der Waals surface area contributed by atoms with Gasteiger partial charge in [0.05, 0.1) is 18.1 Å². The summed E-state index contributed by atoms with van der Waals surface area (Å²) in [5.41, 5.74) is -0.488. The normalized spacial score (nSPS) is 13.0. The maximum atomic E-state index is 13.3. The molecule has 0 bridgehead atoms. The zero-order valence-electron chi connectivity index (χ0n) is 16.1. The third-order valence-electron chi connectivity index (χ3n) is 4.93. The van der Waals surface area contributed by atoms with Gasteiger partial charge < -0.3 is 10.4 Å². The van der Waals surface area contributed by atoms with Gasteiger partial charge in [0.15, 0.2) is 0 Å². The number of amides is 1. The minimum atomic E-state index is -4.53. The predicted molar refractivity (Wildman–Crippen MR) is 114 cm³/mol. The van der Waals surface area contributed by atoms with Crippen molar-refractivity contribution in [1.29, 1.82) is 0 Å². The standard InChI is InChI=1S/C22H20Cl2F3NO2/c1-2-3-6-28-21(30)11-20(29)18-10-17-16(8-13(23)9-19(17)24)15-7-12(22(25,26)27)4-5-14(15)18/h4-5,7-10,20,29H,2-3,6,11H2,1H3,(H,28,30). The molecule has 0 aromatic heterocycles. The van der Waals surface area contributed by atoms with Gasteiger partial charge in [-0.05, 0) is 58.5 Å². The van der Waals surface area contributed by atoms with Crippen LogP contribution in [-0.4, -0.2) is 17.6 Å². The van der Waals surface area contributed by atoms with Crippen LogP contribution in [0.2, 0.25) is 10.0 Å². The van der Waals surface area contributed by atoms with Crippen LogP contribution in [0.15, 0.2) is 36.4 Å². The second-order valence-corrected chi connectivity index (χ2v) is 7.97. The largest absolute Gasteiger partial charge is 0.416 e. The highest BCUT2D eigenvalue weighted by Gasteiger charge is 2.31. The summed E-state index contributed by atoms with van der Waals surface area (Å²) in [5.74, 6) is -0.335. The molecule has 1 atom stereocenters. The van der Waals surface area contributed by atoms with Gasteiger partial charge in [0.25, 0.3) is 0 Å². The molecule has 1 amide bonds. The van der Waals surface area contributed by atoms with E-state index in [4.69, 9.17) is 23.2 Å². The van der Waals surface area contributed by atoms with Crippen LogP contribution in [-0.2, 0) is 11.0 Å². The number of aliphatic hydroxyl groups excluding tert-OH is 1. The van der Waals surface area contributed by atoms with E-state index in [1.54, 1.807) is 12.1 Å². The first-order chi connectivity index (χ1) is 14.1. The maximum Gasteiger partial charge on any atom is 0.416 e. The third kappa shape index (κ3) is 4.82. The lowest BCUT2D eigenvalue weighted by molar-refractivity contribution is -0.137. The van der Waals surface area contributed by atoms with Crippen molar-refractivity contribution in [2.45, 2.75) is 38.5 Å². The summed E-state index contributed by atoms with van der Waals surface area (Å²) in [4.78, 5) is 12.1.